The van der Waals surface area contributed by atoms with Crippen LogP contribution in [0.15, 0.2) is 36.4 Å². The van der Waals surface area contributed by atoms with Crippen LogP contribution in [0.4, 0.5) is 0 Å². The van der Waals surface area contributed by atoms with Crippen LogP contribution in [0, 0.1) is 0 Å². The molecule has 104 valence electrons. The number of aromatic hydroxyl groups is 2. The van der Waals surface area contributed by atoms with Crippen molar-refractivity contribution in [2.24, 2.45) is 0 Å². The molecule has 3 nitrogen and oxygen atoms in total. The minimum absolute atomic E-state index is 0.107. The Hall–Kier alpha value is -2.16. The quantitative estimate of drug-likeness (QED) is 0.885. The third kappa shape index (κ3) is 2.20. The average Bonchev–Trinajstić information content (AvgIpc) is 2.37. The second-order valence-corrected chi connectivity index (χ2v) is 5.29. The fraction of sp³-hybridized carbons (Fsp3) is 0.294. The SMILES string of the molecule is COc1ccc(-c2ccc(C3CCC3)cc2O)c(O)c1. The number of rotatable bonds is 3. The van der Waals surface area contributed by atoms with E-state index in [0.29, 0.717) is 22.8 Å². The lowest BCUT2D eigenvalue weighted by atomic mass is 9.79. The van der Waals surface area contributed by atoms with Crippen molar-refractivity contribution in [3.63, 3.8) is 0 Å². The molecule has 20 heavy (non-hydrogen) atoms. The lowest BCUT2D eigenvalue weighted by Gasteiger charge is -2.26. The molecule has 0 heterocycles. The van der Waals surface area contributed by atoms with Crippen LogP contribution < -0.4 is 4.74 Å². The number of hydrogen-bond donors (Lipinski definition) is 2. The smallest absolute Gasteiger partial charge is 0.127 e. The van der Waals surface area contributed by atoms with Crippen molar-refractivity contribution in [1.29, 1.82) is 0 Å². The van der Waals surface area contributed by atoms with Crippen LogP contribution in [0.2, 0.25) is 0 Å². The van der Waals surface area contributed by atoms with Gasteiger partial charge in [0, 0.05) is 17.2 Å². The van der Waals surface area contributed by atoms with Crippen LogP contribution >= 0.6 is 0 Å². The summed E-state index contributed by atoms with van der Waals surface area (Å²) in [5.41, 5.74) is 2.45. The standard InChI is InChI=1S/C17H18O3/c1-20-13-6-8-15(17(19)10-13)14-7-5-12(9-16(14)18)11-3-2-4-11/h5-11,18-19H,2-4H2,1H3. The number of phenolic OH excluding ortho intramolecular Hbond substituents is 2. The van der Waals surface area contributed by atoms with Gasteiger partial charge >= 0.3 is 0 Å². The number of phenols is 2. The average molecular weight is 270 g/mol. The van der Waals surface area contributed by atoms with Gasteiger partial charge in [0.25, 0.3) is 0 Å². The van der Waals surface area contributed by atoms with Crippen molar-refractivity contribution in [2.75, 3.05) is 7.11 Å². The van der Waals surface area contributed by atoms with E-state index in [0.717, 1.165) is 0 Å². The molecule has 0 aromatic heterocycles. The largest absolute Gasteiger partial charge is 0.507 e. The van der Waals surface area contributed by atoms with Crippen LogP contribution in [0.25, 0.3) is 11.1 Å². The lowest BCUT2D eigenvalue weighted by molar-refractivity contribution is 0.408. The normalized spacial score (nSPS) is 14.8. The summed E-state index contributed by atoms with van der Waals surface area (Å²) in [6, 6.07) is 10.8. The van der Waals surface area contributed by atoms with Crippen molar-refractivity contribution in [2.45, 2.75) is 25.2 Å². The predicted molar refractivity (Wildman–Crippen MR) is 78.4 cm³/mol. The van der Waals surface area contributed by atoms with E-state index in [2.05, 4.69) is 0 Å². The fourth-order valence-electron chi connectivity index (χ4n) is 2.64. The van der Waals surface area contributed by atoms with Crippen LogP contribution in [-0.4, -0.2) is 17.3 Å². The van der Waals surface area contributed by atoms with Crippen LogP contribution in [0.1, 0.15) is 30.7 Å². The third-order valence-corrected chi connectivity index (χ3v) is 4.09. The molecule has 1 aliphatic carbocycles. The Balaban J connectivity index is 1.97. The van der Waals surface area contributed by atoms with Gasteiger partial charge in [-0.1, -0.05) is 18.6 Å². The molecule has 2 aromatic carbocycles. The maximum absolute atomic E-state index is 10.2. The van der Waals surface area contributed by atoms with E-state index < -0.39 is 0 Å². The summed E-state index contributed by atoms with van der Waals surface area (Å²) in [5.74, 6) is 1.50. The van der Waals surface area contributed by atoms with Crippen LogP contribution in [0.5, 0.6) is 17.2 Å². The molecule has 3 rings (SSSR count). The summed E-state index contributed by atoms with van der Waals surface area (Å²) in [4.78, 5) is 0. The molecule has 0 atom stereocenters. The molecule has 2 N–H and O–H groups in total. The van der Waals surface area contributed by atoms with Crippen LogP contribution in [-0.2, 0) is 0 Å². The van der Waals surface area contributed by atoms with Crippen molar-refractivity contribution < 1.29 is 14.9 Å². The van der Waals surface area contributed by atoms with E-state index in [1.54, 1.807) is 25.3 Å². The first kappa shape index (κ1) is 12.9. The first-order valence-electron chi connectivity index (χ1n) is 6.89. The second kappa shape index (κ2) is 5.08. The second-order valence-electron chi connectivity index (χ2n) is 5.29. The van der Waals surface area contributed by atoms with Gasteiger partial charge in [-0.15, -0.1) is 0 Å². The van der Waals surface area contributed by atoms with E-state index in [-0.39, 0.29) is 11.5 Å². The molecule has 1 aliphatic rings. The molecule has 0 radical (unpaired) electrons. The first-order chi connectivity index (χ1) is 9.69. The minimum Gasteiger partial charge on any atom is -0.507 e. The third-order valence-electron chi connectivity index (χ3n) is 4.09. The highest BCUT2D eigenvalue weighted by Gasteiger charge is 2.21. The van der Waals surface area contributed by atoms with Gasteiger partial charge in [-0.25, -0.2) is 0 Å². The minimum atomic E-state index is 0.107. The monoisotopic (exact) mass is 270 g/mol. The van der Waals surface area contributed by atoms with Gasteiger partial charge in [0.2, 0.25) is 0 Å². The highest BCUT2D eigenvalue weighted by atomic mass is 16.5. The zero-order valence-corrected chi connectivity index (χ0v) is 11.5. The molecule has 3 heteroatoms. The molecule has 0 saturated heterocycles. The topological polar surface area (TPSA) is 49.7 Å². The highest BCUT2D eigenvalue weighted by Crippen LogP contribution is 2.42. The predicted octanol–water partition coefficient (Wildman–Crippen LogP) is 4.04. The lowest BCUT2D eigenvalue weighted by Crippen LogP contribution is -2.08. The zero-order chi connectivity index (χ0) is 14.1. The van der Waals surface area contributed by atoms with Gasteiger partial charge in [0.15, 0.2) is 0 Å². The Labute approximate surface area is 118 Å². The molecule has 0 spiro atoms. The summed E-state index contributed by atoms with van der Waals surface area (Å²) in [5, 5.41) is 20.3. The molecule has 1 saturated carbocycles. The fourth-order valence-corrected chi connectivity index (χ4v) is 2.64. The number of methoxy groups -OCH3 is 1. The number of ether oxygens (including phenoxy) is 1. The van der Waals surface area contributed by atoms with Gasteiger partial charge in [-0.05, 0) is 42.5 Å². The molecule has 0 aliphatic heterocycles. The Kier molecular flexibility index (Phi) is 3.26. The summed E-state index contributed by atoms with van der Waals surface area (Å²) in [7, 11) is 1.55. The molecule has 2 aromatic rings. The Morgan fingerprint density at radius 3 is 2.10 bits per heavy atom. The van der Waals surface area contributed by atoms with Gasteiger partial charge in [0.05, 0.1) is 7.11 Å². The number of benzene rings is 2. The van der Waals surface area contributed by atoms with Crippen LogP contribution in [0.3, 0.4) is 0 Å². The number of hydrogen-bond acceptors (Lipinski definition) is 3. The molecule has 0 amide bonds. The Morgan fingerprint density at radius 2 is 1.60 bits per heavy atom. The summed E-state index contributed by atoms with van der Waals surface area (Å²) >= 11 is 0. The van der Waals surface area contributed by atoms with E-state index in [1.165, 1.54) is 24.8 Å². The van der Waals surface area contributed by atoms with Gasteiger partial charge < -0.3 is 14.9 Å². The molecule has 1 fully saturated rings. The van der Waals surface area contributed by atoms with Crippen molar-refractivity contribution in [3.8, 4) is 28.4 Å². The van der Waals surface area contributed by atoms with E-state index >= 15 is 0 Å². The summed E-state index contributed by atoms with van der Waals surface area (Å²) < 4.78 is 5.07. The molecular weight excluding hydrogens is 252 g/mol. The maximum atomic E-state index is 10.2. The van der Waals surface area contributed by atoms with Gasteiger partial charge in [-0.2, -0.15) is 0 Å². The summed E-state index contributed by atoms with van der Waals surface area (Å²) in [6.45, 7) is 0. The van der Waals surface area contributed by atoms with Crippen molar-refractivity contribution in [1.82, 2.24) is 0 Å². The summed E-state index contributed by atoms with van der Waals surface area (Å²) in [6.07, 6.45) is 3.67. The Morgan fingerprint density at radius 1 is 0.950 bits per heavy atom. The van der Waals surface area contributed by atoms with E-state index in [9.17, 15) is 10.2 Å². The van der Waals surface area contributed by atoms with Crippen molar-refractivity contribution in [3.05, 3.63) is 42.0 Å². The van der Waals surface area contributed by atoms with Gasteiger partial charge in [0.1, 0.15) is 17.2 Å². The molecule has 0 unspecified atom stereocenters. The van der Waals surface area contributed by atoms with Crippen molar-refractivity contribution >= 4 is 0 Å². The maximum Gasteiger partial charge on any atom is 0.127 e. The molecule has 0 bridgehead atoms. The first-order valence-corrected chi connectivity index (χ1v) is 6.89. The van der Waals surface area contributed by atoms with E-state index in [1.807, 2.05) is 18.2 Å². The van der Waals surface area contributed by atoms with E-state index in [4.69, 9.17) is 4.74 Å². The highest BCUT2D eigenvalue weighted by molar-refractivity contribution is 5.76. The molecular formula is C17H18O3. The zero-order valence-electron chi connectivity index (χ0n) is 11.5. The Bertz CT molecular complexity index is 630. The van der Waals surface area contributed by atoms with Gasteiger partial charge in [-0.3, -0.25) is 0 Å².